The van der Waals surface area contributed by atoms with E-state index < -0.39 is 0 Å². The summed E-state index contributed by atoms with van der Waals surface area (Å²) in [5, 5.41) is 6.44. The number of nitrogens with one attached hydrogen (secondary N) is 2. The van der Waals surface area contributed by atoms with Gasteiger partial charge in [-0.3, -0.25) is 9.59 Å². The largest absolute Gasteiger partial charge is 0.493 e. The number of rotatable bonds is 5. The zero-order chi connectivity index (χ0) is 26.2. The second-order valence-electron chi connectivity index (χ2n) is 10.6. The molecule has 0 aliphatic carbocycles. The summed E-state index contributed by atoms with van der Waals surface area (Å²) >= 11 is 0. The summed E-state index contributed by atoms with van der Waals surface area (Å²) in [6.45, 7) is 6.74. The molecule has 3 aliphatic rings. The summed E-state index contributed by atoms with van der Waals surface area (Å²) in [6.07, 6.45) is 3.20. The van der Waals surface area contributed by atoms with Gasteiger partial charge in [-0.25, -0.2) is 0 Å². The van der Waals surface area contributed by atoms with Crippen molar-refractivity contribution in [3.8, 4) is 5.75 Å². The van der Waals surface area contributed by atoms with Gasteiger partial charge in [0.2, 0.25) is 11.8 Å². The van der Waals surface area contributed by atoms with Crippen LogP contribution < -0.4 is 20.3 Å². The Morgan fingerprint density at radius 2 is 1.82 bits per heavy atom. The highest BCUT2D eigenvalue weighted by atomic mass is 16.5. The third-order valence-electron chi connectivity index (χ3n) is 8.01. The molecule has 2 saturated heterocycles. The number of hydrogen-bond acceptors (Lipinski definition) is 6. The summed E-state index contributed by atoms with van der Waals surface area (Å²) in [7, 11) is 0. The van der Waals surface area contributed by atoms with Crippen LogP contribution in [0.15, 0.2) is 48.5 Å². The monoisotopic (exact) mass is 520 g/mol. The number of benzene rings is 2. The molecule has 0 unspecified atom stereocenters. The van der Waals surface area contributed by atoms with Crippen LogP contribution in [0.4, 0.5) is 5.69 Å². The molecule has 0 spiro atoms. The van der Waals surface area contributed by atoms with Gasteiger partial charge in [0.15, 0.2) is 0 Å². The van der Waals surface area contributed by atoms with Crippen LogP contribution in [0.25, 0.3) is 0 Å². The summed E-state index contributed by atoms with van der Waals surface area (Å²) in [4.78, 5) is 30.2. The van der Waals surface area contributed by atoms with Gasteiger partial charge in [0.25, 0.3) is 0 Å². The van der Waals surface area contributed by atoms with Crippen molar-refractivity contribution in [3.63, 3.8) is 0 Å². The zero-order valence-electron chi connectivity index (χ0n) is 22.2. The highest BCUT2D eigenvalue weighted by Gasteiger charge is 2.32. The molecular weight excluding hydrogens is 480 g/mol. The molecule has 3 heterocycles. The minimum Gasteiger partial charge on any atom is -0.493 e. The minimum atomic E-state index is 0.0875. The smallest absolute Gasteiger partial charge is 0.236 e. The van der Waals surface area contributed by atoms with E-state index >= 15 is 0 Å². The molecule has 8 heteroatoms. The second kappa shape index (κ2) is 13.1. The van der Waals surface area contributed by atoms with Crippen molar-refractivity contribution in [2.75, 3.05) is 57.4 Å². The summed E-state index contributed by atoms with van der Waals surface area (Å²) in [5.74, 6) is 1.66. The Balaban J connectivity index is 1.21. The molecule has 0 radical (unpaired) electrons. The van der Waals surface area contributed by atoms with Crippen molar-refractivity contribution in [1.29, 1.82) is 0 Å². The normalized spacial score (nSPS) is 22.8. The Morgan fingerprint density at radius 3 is 2.66 bits per heavy atom. The molecular formula is C30H40N4O4. The van der Waals surface area contributed by atoms with Crippen molar-refractivity contribution in [3.05, 3.63) is 59.7 Å². The van der Waals surface area contributed by atoms with Crippen molar-refractivity contribution in [2.24, 2.45) is 11.8 Å². The number of nitrogens with zero attached hydrogens (tertiary/aromatic N) is 2. The predicted octanol–water partition coefficient (Wildman–Crippen LogP) is 2.96. The van der Waals surface area contributed by atoms with Gasteiger partial charge < -0.3 is 29.9 Å². The lowest BCUT2D eigenvalue weighted by Crippen LogP contribution is -2.47. The molecule has 2 N–H and O–H groups in total. The first-order chi connectivity index (χ1) is 18.7. The number of ether oxygens (including phenoxy) is 2. The SMILES string of the molecule is O=C(C[C@@H]1CCN2C[C@@H]1CCCOc1ccc(N3CCOCC3)cc1CNCC2=O)NCc1ccccc1. The van der Waals surface area contributed by atoms with E-state index in [2.05, 4.69) is 33.7 Å². The van der Waals surface area contributed by atoms with Crippen LogP contribution >= 0.6 is 0 Å². The van der Waals surface area contributed by atoms with E-state index in [1.54, 1.807) is 0 Å². The summed E-state index contributed by atoms with van der Waals surface area (Å²) in [5.41, 5.74) is 3.35. The molecule has 38 heavy (non-hydrogen) atoms. The minimum absolute atomic E-state index is 0.0875. The molecule has 3 aliphatic heterocycles. The summed E-state index contributed by atoms with van der Waals surface area (Å²) < 4.78 is 11.8. The van der Waals surface area contributed by atoms with Crippen LogP contribution in [0.1, 0.15) is 36.8 Å². The molecule has 2 aromatic rings. The molecule has 2 atom stereocenters. The van der Waals surface area contributed by atoms with Crippen molar-refractivity contribution in [2.45, 2.75) is 38.8 Å². The molecule has 2 amide bonds. The lowest BCUT2D eigenvalue weighted by atomic mass is 9.80. The maximum atomic E-state index is 13.1. The number of piperidine rings is 1. The van der Waals surface area contributed by atoms with Crippen LogP contribution in [0, 0.1) is 11.8 Å². The van der Waals surface area contributed by atoms with Gasteiger partial charge in [0, 0.05) is 56.9 Å². The third-order valence-corrected chi connectivity index (χ3v) is 8.01. The van der Waals surface area contributed by atoms with E-state index in [0.717, 1.165) is 62.4 Å². The van der Waals surface area contributed by atoms with Crippen LogP contribution in [0.2, 0.25) is 0 Å². The van der Waals surface area contributed by atoms with E-state index in [1.165, 1.54) is 5.69 Å². The number of hydrogen-bond donors (Lipinski definition) is 2. The Bertz CT molecular complexity index is 1070. The number of anilines is 1. The Morgan fingerprint density at radius 1 is 0.974 bits per heavy atom. The molecule has 5 rings (SSSR count). The summed E-state index contributed by atoms with van der Waals surface area (Å²) in [6, 6.07) is 16.4. The Labute approximate surface area is 225 Å². The van der Waals surface area contributed by atoms with Gasteiger partial charge >= 0.3 is 0 Å². The van der Waals surface area contributed by atoms with Crippen molar-refractivity contribution in [1.82, 2.24) is 15.5 Å². The van der Waals surface area contributed by atoms with E-state index in [1.807, 2.05) is 35.2 Å². The quantitative estimate of drug-likeness (QED) is 0.631. The fourth-order valence-electron chi connectivity index (χ4n) is 5.82. The Hall–Kier alpha value is -3.10. The van der Waals surface area contributed by atoms with E-state index in [-0.39, 0.29) is 17.7 Å². The number of morpholine rings is 1. The molecule has 0 saturated carbocycles. The fraction of sp³-hybridized carbons (Fsp3) is 0.533. The van der Waals surface area contributed by atoms with Gasteiger partial charge in [-0.15, -0.1) is 0 Å². The molecule has 2 aromatic carbocycles. The topological polar surface area (TPSA) is 83.1 Å². The first-order valence-electron chi connectivity index (χ1n) is 14.0. The number of fused-ring (bicyclic) bond motifs is 3. The highest BCUT2D eigenvalue weighted by Crippen LogP contribution is 2.31. The fourth-order valence-corrected chi connectivity index (χ4v) is 5.82. The lowest BCUT2D eigenvalue weighted by Gasteiger charge is -2.38. The first kappa shape index (κ1) is 26.5. The third kappa shape index (κ3) is 7.05. The number of carbonyl (C=O) groups is 2. The van der Waals surface area contributed by atoms with E-state index in [9.17, 15) is 9.59 Å². The predicted molar refractivity (Wildman–Crippen MR) is 147 cm³/mol. The average molecular weight is 521 g/mol. The number of amides is 2. The zero-order valence-corrected chi connectivity index (χ0v) is 22.2. The van der Waals surface area contributed by atoms with Crippen LogP contribution in [-0.2, 0) is 27.4 Å². The van der Waals surface area contributed by atoms with Crippen LogP contribution in [0.3, 0.4) is 0 Å². The van der Waals surface area contributed by atoms with Crippen molar-refractivity contribution >= 4 is 17.5 Å². The standard InChI is InChI=1S/C30H40N4O4/c35-29(32-19-23-5-2-1-3-6-23)18-24-10-11-34-22-25(24)7-4-14-38-28-9-8-27(33-12-15-37-16-13-33)17-26(28)20-31-21-30(34)36/h1-3,5-6,8-9,17,24-25,31H,4,7,10-16,18-22H2,(H,32,35)/t24-,25-/m0/s1. The number of carbonyl (C=O) groups excluding carboxylic acids is 2. The van der Waals surface area contributed by atoms with Gasteiger partial charge in [-0.1, -0.05) is 30.3 Å². The van der Waals surface area contributed by atoms with Gasteiger partial charge in [0.05, 0.1) is 26.4 Å². The maximum absolute atomic E-state index is 13.1. The first-order valence-corrected chi connectivity index (χ1v) is 14.0. The maximum Gasteiger partial charge on any atom is 0.236 e. The molecule has 0 aromatic heterocycles. The molecule has 2 bridgehead atoms. The molecule has 2 fully saturated rings. The average Bonchev–Trinajstić information content (AvgIpc) is 2.97. The lowest BCUT2D eigenvalue weighted by molar-refractivity contribution is -0.133. The van der Waals surface area contributed by atoms with Gasteiger partial charge in [-0.2, -0.15) is 0 Å². The second-order valence-corrected chi connectivity index (χ2v) is 10.6. The van der Waals surface area contributed by atoms with Gasteiger partial charge in [-0.05, 0) is 54.9 Å². The highest BCUT2D eigenvalue weighted by molar-refractivity contribution is 5.79. The Kier molecular flexibility index (Phi) is 9.15. The van der Waals surface area contributed by atoms with Crippen LogP contribution in [-0.4, -0.2) is 69.3 Å². The van der Waals surface area contributed by atoms with Crippen molar-refractivity contribution < 1.29 is 19.1 Å². The van der Waals surface area contributed by atoms with Gasteiger partial charge in [0.1, 0.15) is 5.75 Å². The molecule has 8 nitrogen and oxygen atoms in total. The van der Waals surface area contributed by atoms with Crippen LogP contribution in [0.5, 0.6) is 5.75 Å². The van der Waals surface area contributed by atoms with E-state index in [0.29, 0.717) is 51.7 Å². The molecule has 204 valence electrons. The van der Waals surface area contributed by atoms with E-state index in [4.69, 9.17) is 9.47 Å².